The Balaban J connectivity index is 1.63. The Morgan fingerprint density at radius 2 is 2.21 bits per heavy atom. The van der Waals surface area contributed by atoms with Crippen LogP contribution in [0, 0.1) is 11.6 Å². The summed E-state index contributed by atoms with van der Waals surface area (Å²) in [5.41, 5.74) is 1.42. The van der Waals surface area contributed by atoms with Crippen LogP contribution in [0.2, 0.25) is 0 Å². The van der Waals surface area contributed by atoms with Crippen molar-refractivity contribution >= 4 is 27.7 Å². The quantitative estimate of drug-likeness (QED) is 0.613. The number of carbonyl (C=O) groups is 1. The van der Waals surface area contributed by atoms with E-state index < -0.39 is 23.6 Å². The van der Waals surface area contributed by atoms with Gasteiger partial charge in [-0.2, -0.15) is 0 Å². The summed E-state index contributed by atoms with van der Waals surface area (Å²) in [5.74, 6) is -1.35. The number of carbonyl (C=O) groups excluding carboxylic acids is 1. The van der Waals surface area contributed by atoms with Crippen LogP contribution in [0.4, 0.5) is 8.78 Å². The number of amidine groups is 1. The molecule has 0 amide bonds. The minimum Gasteiger partial charge on any atom is -0.466 e. The van der Waals surface area contributed by atoms with Gasteiger partial charge in [0.05, 0.1) is 25.4 Å². The van der Waals surface area contributed by atoms with Crippen LogP contribution in [0.3, 0.4) is 0 Å². The molecular weight excluding hydrogens is 498 g/mol. The lowest BCUT2D eigenvalue weighted by atomic mass is 9.95. The number of hydrogen-bond acceptors (Lipinski definition) is 7. The third-order valence-electron chi connectivity index (χ3n) is 6.15. The fraction of sp³-hybridized carbons (Fsp3) is 0.348. The molecule has 2 aromatic rings. The van der Waals surface area contributed by atoms with Gasteiger partial charge >= 0.3 is 5.97 Å². The van der Waals surface area contributed by atoms with Gasteiger partial charge in [0.1, 0.15) is 17.6 Å². The molecule has 3 aliphatic heterocycles. The highest BCUT2D eigenvalue weighted by Gasteiger charge is 2.41. The number of methoxy groups -OCH3 is 1. The number of esters is 1. The number of nitrogens with one attached hydrogen (secondary N) is 1. The average molecular weight is 519 g/mol. The molecule has 3 aliphatic rings. The van der Waals surface area contributed by atoms with E-state index in [1.54, 1.807) is 6.07 Å². The largest absolute Gasteiger partial charge is 0.466 e. The first-order valence-electron chi connectivity index (χ1n) is 10.5. The predicted octanol–water partition coefficient (Wildman–Crippen LogP) is 3.11. The van der Waals surface area contributed by atoms with Gasteiger partial charge in [0.15, 0.2) is 11.7 Å². The lowest BCUT2D eigenvalue weighted by Gasteiger charge is -2.32. The van der Waals surface area contributed by atoms with Gasteiger partial charge in [-0.15, -0.1) is 0 Å². The summed E-state index contributed by atoms with van der Waals surface area (Å²) in [6.07, 6.45) is 2.58. The van der Waals surface area contributed by atoms with Crippen LogP contribution in [0.15, 0.2) is 57.3 Å². The van der Waals surface area contributed by atoms with Gasteiger partial charge in [-0.25, -0.2) is 18.6 Å². The first kappa shape index (κ1) is 22.1. The van der Waals surface area contributed by atoms with Crippen molar-refractivity contribution in [3.05, 3.63) is 75.2 Å². The van der Waals surface area contributed by atoms with Crippen LogP contribution >= 0.6 is 15.9 Å². The SMILES string of the molecule is COC(=O)C1=C(CN2C[C@H]3CC2CO3)NC(c2ncccc2F)=NC1c1ccc(F)cc1Br. The number of ether oxygens (including phenoxy) is 2. The molecule has 5 rings (SSSR count). The highest BCUT2D eigenvalue weighted by atomic mass is 79.9. The van der Waals surface area contributed by atoms with Gasteiger partial charge in [-0.3, -0.25) is 9.89 Å². The van der Waals surface area contributed by atoms with Crippen molar-refractivity contribution in [2.45, 2.75) is 24.6 Å². The van der Waals surface area contributed by atoms with Crippen LogP contribution in [0.25, 0.3) is 0 Å². The van der Waals surface area contributed by atoms with E-state index in [-0.39, 0.29) is 29.2 Å². The van der Waals surface area contributed by atoms with E-state index in [1.807, 2.05) is 0 Å². The van der Waals surface area contributed by atoms with Crippen molar-refractivity contribution in [1.29, 1.82) is 0 Å². The van der Waals surface area contributed by atoms with Gasteiger partial charge in [0, 0.05) is 35.5 Å². The molecule has 1 N–H and O–H groups in total. The Kier molecular flexibility index (Phi) is 5.98. The summed E-state index contributed by atoms with van der Waals surface area (Å²) in [5, 5.41) is 3.15. The molecule has 1 aromatic carbocycles. The Morgan fingerprint density at radius 1 is 1.36 bits per heavy atom. The summed E-state index contributed by atoms with van der Waals surface area (Å²) in [6, 6.07) is 6.34. The minimum atomic E-state index is -0.851. The van der Waals surface area contributed by atoms with E-state index in [9.17, 15) is 13.6 Å². The van der Waals surface area contributed by atoms with Crippen molar-refractivity contribution in [3.63, 3.8) is 0 Å². The molecule has 2 unspecified atom stereocenters. The Hall–Kier alpha value is -2.69. The molecule has 0 spiro atoms. The maximum atomic E-state index is 14.6. The Morgan fingerprint density at radius 3 is 2.88 bits per heavy atom. The number of halogens is 3. The molecule has 10 heteroatoms. The lowest BCUT2D eigenvalue weighted by Crippen LogP contribution is -2.44. The fourth-order valence-electron chi connectivity index (χ4n) is 4.58. The van der Waals surface area contributed by atoms with Crippen molar-refractivity contribution < 1.29 is 23.0 Å². The zero-order chi connectivity index (χ0) is 23.1. The highest BCUT2D eigenvalue weighted by Crippen LogP contribution is 2.38. The van der Waals surface area contributed by atoms with Gasteiger partial charge in [-0.05, 0) is 36.2 Å². The van der Waals surface area contributed by atoms with Gasteiger partial charge in [-0.1, -0.05) is 22.0 Å². The van der Waals surface area contributed by atoms with Crippen molar-refractivity contribution in [3.8, 4) is 0 Å². The third-order valence-corrected chi connectivity index (χ3v) is 6.83. The number of aliphatic imine (C=N–C) groups is 1. The van der Waals surface area contributed by atoms with E-state index >= 15 is 0 Å². The summed E-state index contributed by atoms with van der Waals surface area (Å²) < 4.78 is 39.7. The molecule has 0 radical (unpaired) electrons. The van der Waals surface area contributed by atoms with Gasteiger partial charge in [0.2, 0.25) is 0 Å². The Labute approximate surface area is 197 Å². The summed E-state index contributed by atoms with van der Waals surface area (Å²) in [4.78, 5) is 24.0. The van der Waals surface area contributed by atoms with E-state index in [1.165, 1.54) is 37.6 Å². The maximum absolute atomic E-state index is 14.6. The van der Waals surface area contributed by atoms with E-state index in [0.29, 0.717) is 28.9 Å². The number of morpholine rings is 1. The molecule has 1 aromatic heterocycles. The standard InChI is InChI=1S/C23H21BrF2N4O3/c1-32-23(31)19-18(10-30-9-14-8-13(30)11-33-14)28-22(21-17(26)3-2-6-27-21)29-20(19)15-5-4-12(25)7-16(15)24/h2-7,13-14,20H,8-11H2,1H3,(H,28,29)/t13?,14-,20?/m1/s1. The number of nitrogens with zero attached hydrogens (tertiary/aromatic N) is 3. The first-order chi connectivity index (χ1) is 15.9. The molecule has 2 fully saturated rings. The van der Waals surface area contributed by atoms with Crippen LogP contribution in [0.1, 0.15) is 23.7 Å². The maximum Gasteiger partial charge on any atom is 0.338 e. The minimum absolute atomic E-state index is 0.0356. The summed E-state index contributed by atoms with van der Waals surface area (Å²) in [6.45, 7) is 1.77. The molecule has 4 heterocycles. The predicted molar refractivity (Wildman–Crippen MR) is 119 cm³/mol. The molecule has 33 heavy (non-hydrogen) atoms. The molecule has 7 nitrogen and oxygen atoms in total. The molecule has 3 atom stereocenters. The topological polar surface area (TPSA) is 76.0 Å². The van der Waals surface area contributed by atoms with Gasteiger partial charge in [0.25, 0.3) is 0 Å². The molecule has 2 saturated heterocycles. The summed E-state index contributed by atoms with van der Waals surface area (Å²) in [7, 11) is 1.30. The van der Waals surface area contributed by atoms with E-state index in [0.717, 1.165) is 13.0 Å². The van der Waals surface area contributed by atoms with E-state index in [4.69, 9.17) is 9.47 Å². The van der Waals surface area contributed by atoms with Crippen LogP contribution < -0.4 is 5.32 Å². The second-order valence-electron chi connectivity index (χ2n) is 8.16. The van der Waals surface area contributed by atoms with Gasteiger partial charge < -0.3 is 14.8 Å². The molecule has 0 aliphatic carbocycles. The molecule has 172 valence electrons. The third kappa shape index (κ3) is 4.18. The zero-order valence-electron chi connectivity index (χ0n) is 17.7. The molecular formula is C23H21BrF2N4O3. The van der Waals surface area contributed by atoms with Crippen molar-refractivity contribution in [1.82, 2.24) is 15.2 Å². The number of hydrogen-bond donors (Lipinski definition) is 1. The number of likely N-dealkylation sites (tertiary alicyclic amines) is 1. The number of rotatable bonds is 5. The number of fused-ring (bicyclic) bond motifs is 2. The second kappa shape index (κ2) is 8.92. The number of pyridine rings is 1. The Bertz CT molecular complexity index is 1170. The smallest absolute Gasteiger partial charge is 0.338 e. The fourth-order valence-corrected chi connectivity index (χ4v) is 5.14. The monoisotopic (exact) mass is 518 g/mol. The van der Waals surface area contributed by atoms with Crippen LogP contribution in [-0.2, 0) is 14.3 Å². The van der Waals surface area contributed by atoms with Crippen LogP contribution in [0.5, 0.6) is 0 Å². The summed E-state index contributed by atoms with van der Waals surface area (Å²) >= 11 is 3.39. The van der Waals surface area contributed by atoms with Crippen molar-refractivity contribution in [2.75, 3.05) is 26.8 Å². The number of benzene rings is 1. The van der Waals surface area contributed by atoms with Crippen molar-refractivity contribution in [2.24, 2.45) is 4.99 Å². The van der Waals surface area contributed by atoms with E-state index in [2.05, 4.69) is 36.1 Å². The zero-order valence-corrected chi connectivity index (χ0v) is 19.3. The number of aromatic nitrogens is 1. The molecule has 2 bridgehead atoms. The molecule has 0 saturated carbocycles. The first-order valence-corrected chi connectivity index (χ1v) is 11.3. The average Bonchev–Trinajstić information content (AvgIpc) is 3.42. The second-order valence-corrected chi connectivity index (χ2v) is 9.02. The lowest BCUT2D eigenvalue weighted by molar-refractivity contribution is -0.136. The highest BCUT2D eigenvalue weighted by molar-refractivity contribution is 9.10. The normalized spacial score (nSPS) is 24.6. The van der Waals surface area contributed by atoms with Crippen LogP contribution in [-0.4, -0.2) is 60.6 Å².